The fraction of sp³-hybridized carbons (Fsp3) is 0.375. The van der Waals surface area contributed by atoms with Crippen molar-refractivity contribution in [1.82, 2.24) is 9.97 Å². The van der Waals surface area contributed by atoms with Crippen LogP contribution in [0.5, 0.6) is 0 Å². The highest BCUT2D eigenvalue weighted by molar-refractivity contribution is 14.1. The zero-order valence-corrected chi connectivity index (χ0v) is 13.8. The van der Waals surface area contributed by atoms with Gasteiger partial charge < -0.3 is 5.73 Å². The minimum atomic E-state index is -0.222. The molecule has 1 aliphatic carbocycles. The second kappa shape index (κ2) is 6.25. The predicted octanol–water partition coefficient (Wildman–Crippen LogP) is 4.05. The summed E-state index contributed by atoms with van der Waals surface area (Å²) in [5.41, 5.74) is 7.68. The molecule has 0 aliphatic heterocycles. The molecule has 1 fully saturated rings. The predicted molar refractivity (Wildman–Crippen MR) is 89.6 cm³/mol. The third-order valence-corrected chi connectivity index (χ3v) is 5.10. The molecule has 110 valence electrons. The third kappa shape index (κ3) is 3.17. The van der Waals surface area contributed by atoms with Crippen molar-refractivity contribution >= 4 is 28.4 Å². The maximum absolute atomic E-state index is 13.8. The number of halogens is 2. The minimum absolute atomic E-state index is 0.222. The lowest BCUT2D eigenvalue weighted by molar-refractivity contribution is 0.611. The van der Waals surface area contributed by atoms with Gasteiger partial charge in [-0.15, -0.1) is 0 Å². The van der Waals surface area contributed by atoms with E-state index in [0.717, 1.165) is 22.1 Å². The van der Waals surface area contributed by atoms with Crippen LogP contribution in [0.3, 0.4) is 0 Å². The number of anilines is 1. The van der Waals surface area contributed by atoms with Gasteiger partial charge in [-0.1, -0.05) is 31.0 Å². The summed E-state index contributed by atoms with van der Waals surface area (Å²) in [4.78, 5) is 9.02. The number of rotatable bonds is 3. The highest BCUT2D eigenvalue weighted by Crippen LogP contribution is 2.36. The first kappa shape index (κ1) is 14.7. The summed E-state index contributed by atoms with van der Waals surface area (Å²) < 4.78 is 14.7. The standard InChI is InChI=1S/C16H17FIN3/c17-12-8-4-3-7-11(12)9-13-20-15(10-5-1-2-6-10)14(18)16(19)21-13/h3-4,7-8,10H,1-2,5-6,9H2,(H2,19,20,21). The molecule has 0 atom stereocenters. The van der Waals surface area contributed by atoms with Crippen LogP contribution in [0.15, 0.2) is 24.3 Å². The molecule has 1 aromatic heterocycles. The Hall–Kier alpha value is -1.24. The summed E-state index contributed by atoms with van der Waals surface area (Å²) in [6, 6.07) is 6.74. The average molecular weight is 397 g/mol. The van der Waals surface area contributed by atoms with Crippen LogP contribution >= 0.6 is 22.6 Å². The van der Waals surface area contributed by atoms with E-state index < -0.39 is 0 Å². The molecular weight excluding hydrogens is 380 g/mol. The minimum Gasteiger partial charge on any atom is -0.383 e. The normalized spacial score (nSPS) is 15.5. The fourth-order valence-electron chi connectivity index (χ4n) is 2.89. The van der Waals surface area contributed by atoms with Gasteiger partial charge in [0.25, 0.3) is 0 Å². The number of hydrogen-bond donors (Lipinski definition) is 1. The van der Waals surface area contributed by atoms with Crippen LogP contribution in [-0.4, -0.2) is 9.97 Å². The SMILES string of the molecule is Nc1nc(Cc2ccccc2F)nc(C2CCCC2)c1I. The summed E-state index contributed by atoms with van der Waals surface area (Å²) >= 11 is 2.22. The Morgan fingerprint density at radius 3 is 2.62 bits per heavy atom. The van der Waals surface area contributed by atoms with E-state index in [0.29, 0.717) is 29.5 Å². The molecule has 21 heavy (non-hydrogen) atoms. The maximum atomic E-state index is 13.8. The smallest absolute Gasteiger partial charge is 0.140 e. The lowest BCUT2D eigenvalue weighted by Gasteiger charge is -2.14. The molecule has 0 unspecified atom stereocenters. The Bertz CT molecular complexity index is 654. The number of benzene rings is 1. The van der Waals surface area contributed by atoms with Gasteiger partial charge in [0.2, 0.25) is 0 Å². The zero-order valence-electron chi connectivity index (χ0n) is 11.6. The van der Waals surface area contributed by atoms with E-state index in [1.165, 1.54) is 18.9 Å². The summed E-state index contributed by atoms with van der Waals surface area (Å²) in [7, 11) is 0. The summed E-state index contributed by atoms with van der Waals surface area (Å²) in [5, 5.41) is 0. The molecule has 1 heterocycles. The van der Waals surface area contributed by atoms with Crippen LogP contribution in [0.1, 0.15) is 48.7 Å². The third-order valence-electron chi connectivity index (χ3n) is 4.00. The summed E-state index contributed by atoms with van der Waals surface area (Å²) in [5.74, 6) is 1.38. The summed E-state index contributed by atoms with van der Waals surface area (Å²) in [6.45, 7) is 0. The Kier molecular flexibility index (Phi) is 4.37. The molecule has 3 nitrogen and oxygen atoms in total. The monoisotopic (exact) mass is 397 g/mol. The van der Waals surface area contributed by atoms with E-state index in [1.54, 1.807) is 12.1 Å². The lowest BCUT2D eigenvalue weighted by atomic mass is 10.0. The van der Waals surface area contributed by atoms with Crippen molar-refractivity contribution in [2.75, 3.05) is 5.73 Å². The molecule has 5 heteroatoms. The largest absolute Gasteiger partial charge is 0.383 e. The van der Waals surface area contributed by atoms with Crippen molar-refractivity contribution < 1.29 is 4.39 Å². The van der Waals surface area contributed by atoms with Crippen molar-refractivity contribution in [3.63, 3.8) is 0 Å². The van der Waals surface area contributed by atoms with E-state index in [-0.39, 0.29) is 5.82 Å². The second-order valence-electron chi connectivity index (χ2n) is 5.47. The highest BCUT2D eigenvalue weighted by atomic mass is 127. The van der Waals surface area contributed by atoms with Gasteiger partial charge >= 0.3 is 0 Å². The molecule has 3 rings (SSSR count). The van der Waals surface area contributed by atoms with Gasteiger partial charge in [-0.2, -0.15) is 0 Å². The van der Waals surface area contributed by atoms with Crippen LogP contribution in [0.2, 0.25) is 0 Å². The highest BCUT2D eigenvalue weighted by Gasteiger charge is 2.23. The molecule has 0 amide bonds. The van der Waals surface area contributed by atoms with Crippen molar-refractivity contribution in [1.29, 1.82) is 0 Å². The van der Waals surface area contributed by atoms with Crippen molar-refractivity contribution in [3.05, 3.63) is 50.7 Å². The molecule has 1 saturated carbocycles. The van der Waals surface area contributed by atoms with Gasteiger partial charge in [0.05, 0.1) is 9.26 Å². The Morgan fingerprint density at radius 1 is 1.19 bits per heavy atom. The molecular formula is C16H17FIN3. The second-order valence-corrected chi connectivity index (χ2v) is 6.55. The molecule has 1 aromatic carbocycles. The van der Waals surface area contributed by atoms with Gasteiger partial charge in [-0.05, 0) is 47.1 Å². The van der Waals surface area contributed by atoms with Crippen LogP contribution in [0.4, 0.5) is 10.2 Å². The maximum Gasteiger partial charge on any atom is 0.140 e. The van der Waals surface area contributed by atoms with Crippen molar-refractivity contribution in [3.8, 4) is 0 Å². The number of nitrogen functional groups attached to an aromatic ring is 1. The topological polar surface area (TPSA) is 51.8 Å². The molecule has 2 N–H and O–H groups in total. The fourth-order valence-corrected chi connectivity index (χ4v) is 3.57. The van der Waals surface area contributed by atoms with Gasteiger partial charge in [0, 0.05) is 12.3 Å². The van der Waals surface area contributed by atoms with Gasteiger partial charge in [-0.3, -0.25) is 0 Å². The van der Waals surface area contributed by atoms with E-state index in [1.807, 2.05) is 6.07 Å². The van der Waals surface area contributed by atoms with Gasteiger partial charge in [0.1, 0.15) is 17.5 Å². The van der Waals surface area contributed by atoms with Crippen LogP contribution in [-0.2, 0) is 6.42 Å². The molecule has 0 saturated heterocycles. The van der Waals surface area contributed by atoms with E-state index >= 15 is 0 Å². The van der Waals surface area contributed by atoms with Crippen LogP contribution in [0, 0.1) is 9.39 Å². The Labute approximate surface area is 137 Å². The van der Waals surface area contributed by atoms with Crippen molar-refractivity contribution in [2.45, 2.75) is 38.0 Å². The molecule has 2 aromatic rings. The summed E-state index contributed by atoms with van der Waals surface area (Å²) in [6.07, 6.45) is 5.19. The van der Waals surface area contributed by atoms with Crippen LogP contribution in [0.25, 0.3) is 0 Å². The zero-order chi connectivity index (χ0) is 14.8. The molecule has 1 aliphatic rings. The van der Waals surface area contributed by atoms with Crippen molar-refractivity contribution in [2.24, 2.45) is 0 Å². The van der Waals surface area contributed by atoms with Crippen LogP contribution < -0.4 is 5.73 Å². The Morgan fingerprint density at radius 2 is 1.90 bits per heavy atom. The number of hydrogen-bond acceptors (Lipinski definition) is 3. The molecule has 0 spiro atoms. The first-order valence-corrected chi connectivity index (χ1v) is 8.28. The van der Waals surface area contributed by atoms with E-state index in [4.69, 9.17) is 5.73 Å². The van der Waals surface area contributed by atoms with E-state index in [2.05, 4.69) is 32.6 Å². The Balaban J connectivity index is 1.94. The molecule has 0 radical (unpaired) electrons. The van der Waals surface area contributed by atoms with E-state index in [9.17, 15) is 4.39 Å². The van der Waals surface area contributed by atoms with Gasteiger partial charge in [0.15, 0.2) is 0 Å². The van der Waals surface area contributed by atoms with Gasteiger partial charge in [-0.25, -0.2) is 14.4 Å². The average Bonchev–Trinajstić information content (AvgIpc) is 2.99. The first-order valence-electron chi connectivity index (χ1n) is 7.20. The number of nitrogens with two attached hydrogens (primary N) is 1. The number of aromatic nitrogens is 2. The first-order chi connectivity index (χ1) is 10.1. The molecule has 0 bridgehead atoms. The quantitative estimate of drug-likeness (QED) is 0.796. The lowest BCUT2D eigenvalue weighted by Crippen LogP contribution is -2.10. The number of nitrogens with zero attached hydrogens (tertiary/aromatic N) is 2.